The van der Waals surface area contributed by atoms with Crippen LogP contribution in [-0.4, -0.2) is 16.8 Å². The van der Waals surface area contributed by atoms with Gasteiger partial charge in [0.05, 0.1) is 6.04 Å². The first kappa shape index (κ1) is 9.35. The van der Waals surface area contributed by atoms with Gasteiger partial charge in [-0.1, -0.05) is 0 Å². The summed E-state index contributed by atoms with van der Waals surface area (Å²) in [7, 11) is 0. The molecule has 0 fully saturated rings. The van der Waals surface area contributed by atoms with Gasteiger partial charge in [0.2, 0.25) is 0 Å². The lowest BCUT2D eigenvalue weighted by Crippen LogP contribution is -2.27. The molecule has 0 aromatic carbocycles. The van der Waals surface area contributed by atoms with Crippen LogP contribution in [0.2, 0.25) is 0 Å². The third-order valence-electron chi connectivity index (χ3n) is 1.39. The van der Waals surface area contributed by atoms with E-state index in [2.05, 4.69) is 20.9 Å². The molecule has 1 unspecified atom stereocenters. The molecule has 12 heavy (non-hydrogen) atoms. The Hall–Kier alpha value is -0.740. The van der Waals surface area contributed by atoms with Crippen LogP contribution in [0.25, 0.3) is 0 Å². The number of hydrogen-bond donors (Lipinski definition) is 1. The lowest BCUT2D eigenvalue weighted by Gasteiger charge is -2.02. The van der Waals surface area contributed by atoms with Crippen LogP contribution < -0.4 is 5.73 Å². The highest BCUT2D eigenvalue weighted by molar-refractivity contribution is 9.10. The Morgan fingerprint density at radius 2 is 2.33 bits per heavy atom. The minimum Gasteiger partial charge on any atom is -0.321 e. The summed E-state index contributed by atoms with van der Waals surface area (Å²) < 4.78 is 0.851. The van der Waals surface area contributed by atoms with Crippen molar-refractivity contribution >= 4 is 21.7 Å². The van der Waals surface area contributed by atoms with Gasteiger partial charge in [-0.15, -0.1) is 0 Å². The molecule has 64 valence electrons. The van der Waals surface area contributed by atoms with Gasteiger partial charge in [0.15, 0.2) is 5.78 Å². The first-order chi connectivity index (χ1) is 5.61. The van der Waals surface area contributed by atoms with E-state index in [1.165, 1.54) is 0 Å². The number of Topliss-reactive ketones (excluding diaryl/α,β-unsaturated/α-hetero) is 1. The van der Waals surface area contributed by atoms with Crippen LogP contribution in [0.3, 0.4) is 0 Å². The van der Waals surface area contributed by atoms with E-state index in [1.54, 1.807) is 25.3 Å². The lowest BCUT2D eigenvalue weighted by atomic mass is 10.1. The SMILES string of the molecule is CC(N)C(=O)c1ccc(Br)cn1. The molecule has 3 nitrogen and oxygen atoms in total. The predicted molar refractivity (Wildman–Crippen MR) is 49.9 cm³/mol. The molecule has 0 aliphatic carbocycles. The summed E-state index contributed by atoms with van der Waals surface area (Å²) >= 11 is 3.23. The van der Waals surface area contributed by atoms with E-state index in [1.807, 2.05) is 0 Å². The highest BCUT2D eigenvalue weighted by Gasteiger charge is 2.11. The third-order valence-corrected chi connectivity index (χ3v) is 1.86. The second kappa shape index (κ2) is 3.78. The maximum Gasteiger partial charge on any atom is 0.197 e. The van der Waals surface area contributed by atoms with Gasteiger partial charge in [0.1, 0.15) is 5.69 Å². The zero-order chi connectivity index (χ0) is 9.14. The average Bonchev–Trinajstić information content (AvgIpc) is 2.04. The lowest BCUT2D eigenvalue weighted by molar-refractivity contribution is 0.0963. The molecule has 1 aromatic heterocycles. The maximum absolute atomic E-state index is 11.3. The molecule has 2 N–H and O–H groups in total. The van der Waals surface area contributed by atoms with Crippen LogP contribution in [0.4, 0.5) is 0 Å². The fraction of sp³-hybridized carbons (Fsp3) is 0.250. The molecular formula is C8H9BrN2O. The molecule has 4 heteroatoms. The number of nitrogens with zero attached hydrogens (tertiary/aromatic N) is 1. The molecule has 0 aliphatic heterocycles. The van der Waals surface area contributed by atoms with Gasteiger partial charge in [0.25, 0.3) is 0 Å². The molecule has 1 rings (SSSR count). The van der Waals surface area contributed by atoms with Crippen molar-refractivity contribution in [3.8, 4) is 0 Å². The van der Waals surface area contributed by atoms with Crippen molar-refractivity contribution in [1.82, 2.24) is 4.98 Å². The maximum atomic E-state index is 11.3. The van der Waals surface area contributed by atoms with E-state index < -0.39 is 6.04 Å². The Kier molecular flexibility index (Phi) is 2.94. The van der Waals surface area contributed by atoms with E-state index >= 15 is 0 Å². The number of hydrogen-bond acceptors (Lipinski definition) is 3. The fourth-order valence-electron chi connectivity index (χ4n) is 0.755. The molecule has 0 saturated heterocycles. The summed E-state index contributed by atoms with van der Waals surface area (Å²) in [5, 5.41) is 0. The van der Waals surface area contributed by atoms with Gasteiger partial charge >= 0.3 is 0 Å². The van der Waals surface area contributed by atoms with Crippen molar-refractivity contribution in [2.45, 2.75) is 13.0 Å². The Balaban J connectivity index is 2.90. The highest BCUT2D eigenvalue weighted by atomic mass is 79.9. The van der Waals surface area contributed by atoms with Crippen molar-refractivity contribution in [2.75, 3.05) is 0 Å². The van der Waals surface area contributed by atoms with Gasteiger partial charge in [-0.3, -0.25) is 9.78 Å². The van der Waals surface area contributed by atoms with Crippen LogP contribution in [0, 0.1) is 0 Å². The largest absolute Gasteiger partial charge is 0.321 e. The van der Waals surface area contributed by atoms with Crippen molar-refractivity contribution in [2.24, 2.45) is 5.73 Å². The van der Waals surface area contributed by atoms with Crippen molar-refractivity contribution in [1.29, 1.82) is 0 Å². The highest BCUT2D eigenvalue weighted by Crippen LogP contribution is 2.08. The molecule has 0 bridgehead atoms. The fourth-order valence-corrected chi connectivity index (χ4v) is 0.989. The molecule has 0 amide bonds. The smallest absolute Gasteiger partial charge is 0.197 e. The first-order valence-corrected chi connectivity index (χ1v) is 4.32. The monoisotopic (exact) mass is 228 g/mol. The second-order valence-corrected chi connectivity index (χ2v) is 3.43. The third kappa shape index (κ3) is 2.12. The Labute approximate surface area is 79.1 Å². The zero-order valence-electron chi connectivity index (χ0n) is 6.62. The number of nitrogens with two attached hydrogens (primary N) is 1. The van der Waals surface area contributed by atoms with Crippen LogP contribution in [0.5, 0.6) is 0 Å². The molecular weight excluding hydrogens is 220 g/mol. The predicted octanol–water partition coefficient (Wildman–Crippen LogP) is 1.37. The molecule has 0 radical (unpaired) electrons. The summed E-state index contributed by atoms with van der Waals surface area (Å²) in [6.45, 7) is 1.64. The number of carbonyl (C=O) groups is 1. The van der Waals surface area contributed by atoms with Gasteiger partial charge < -0.3 is 5.73 Å². The van der Waals surface area contributed by atoms with Gasteiger partial charge in [-0.25, -0.2) is 0 Å². The summed E-state index contributed by atoms with van der Waals surface area (Å²) in [4.78, 5) is 15.2. The van der Waals surface area contributed by atoms with Crippen molar-refractivity contribution < 1.29 is 4.79 Å². The summed E-state index contributed by atoms with van der Waals surface area (Å²) in [6.07, 6.45) is 1.58. The molecule has 0 spiro atoms. The number of pyridine rings is 1. The van der Waals surface area contributed by atoms with Crippen LogP contribution in [0.15, 0.2) is 22.8 Å². The van der Waals surface area contributed by atoms with E-state index in [9.17, 15) is 4.79 Å². The minimum absolute atomic E-state index is 0.137. The topological polar surface area (TPSA) is 56.0 Å². The number of ketones is 1. The number of aromatic nitrogens is 1. The van der Waals surface area contributed by atoms with Crippen molar-refractivity contribution in [3.63, 3.8) is 0 Å². The van der Waals surface area contributed by atoms with Crippen LogP contribution in [0.1, 0.15) is 17.4 Å². The summed E-state index contributed by atoms with van der Waals surface area (Å²) in [6, 6.07) is 2.93. The quantitative estimate of drug-likeness (QED) is 0.779. The molecule has 1 aromatic rings. The van der Waals surface area contributed by atoms with Gasteiger partial charge in [0, 0.05) is 10.7 Å². The minimum atomic E-state index is -0.487. The van der Waals surface area contributed by atoms with Gasteiger partial charge in [-0.2, -0.15) is 0 Å². The summed E-state index contributed by atoms with van der Waals surface area (Å²) in [5.74, 6) is -0.137. The van der Waals surface area contributed by atoms with Crippen LogP contribution >= 0.6 is 15.9 Å². The number of halogens is 1. The molecule has 0 aliphatic rings. The normalized spacial score (nSPS) is 12.6. The van der Waals surface area contributed by atoms with E-state index in [0.29, 0.717) is 5.69 Å². The van der Waals surface area contributed by atoms with Crippen LogP contribution in [-0.2, 0) is 0 Å². The molecule has 1 atom stereocenters. The standard InChI is InChI=1S/C8H9BrN2O/c1-5(10)8(12)7-3-2-6(9)4-11-7/h2-5H,10H2,1H3. The summed E-state index contributed by atoms with van der Waals surface area (Å²) in [5.41, 5.74) is 5.82. The van der Waals surface area contributed by atoms with Crippen molar-refractivity contribution in [3.05, 3.63) is 28.5 Å². The van der Waals surface area contributed by atoms with E-state index in [0.717, 1.165) is 4.47 Å². The van der Waals surface area contributed by atoms with Gasteiger partial charge in [-0.05, 0) is 35.0 Å². The Bertz CT molecular complexity index is 282. The number of rotatable bonds is 2. The van der Waals surface area contributed by atoms with E-state index in [-0.39, 0.29) is 5.78 Å². The first-order valence-electron chi connectivity index (χ1n) is 3.52. The zero-order valence-corrected chi connectivity index (χ0v) is 8.21. The Morgan fingerprint density at radius 1 is 1.67 bits per heavy atom. The number of carbonyl (C=O) groups excluding carboxylic acids is 1. The van der Waals surface area contributed by atoms with E-state index in [4.69, 9.17) is 5.73 Å². The Morgan fingerprint density at radius 3 is 2.75 bits per heavy atom. The second-order valence-electron chi connectivity index (χ2n) is 2.51. The average molecular weight is 229 g/mol. The molecule has 1 heterocycles. The molecule has 0 saturated carbocycles.